The van der Waals surface area contributed by atoms with E-state index in [1.54, 1.807) is 40.5 Å². The Kier molecular flexibility index (Phi) is 5.06. The van der Waals surface area contributed by atoms with Gasteiger partial charge in [-0.2, -0.15) is 0 Å². The molecule has 25 heavy (non-hydrogen) atoms. The van der Waals surface area contributed by atoms with Crippen molar-refractivity contribution >= 4 is 40.3 Å². The summed E-state index contributed by atoms with van der Waals surface area (Å²) in [6.45, 7) is 0.773. The number of fused-ring (bicyclic) bond motifs is 1. The van der Waals surface area contributed by atoms with Crippen LogP contribution in [0.3, 0.4) is 0 Å². The van der Waals surface area contributed by atoms with Crippen LogP contribution in [0.15, 0.2) is 75.7 Å². The molecule has 3 heterocycles. The highest BCUT2D eigenvalue weighted by atomic mass is 32.2. The van der Waals surface area contributed by atoms with E-state index in [9.17, 15) is 4.79 Å². The molecule has 2 aromatic heterocycles. The van der Waals surface area contributed by atoms with E-state index in [0.29, 0.717) is 0 Å². The lowest BCUT2D eigenvalue weighted by Gasteiger charge is -2.34. The van der Waals surface area contributed by atoms with Crippen LogP contribution in [0.1, 0.15) is 21.4 Å². The van der Waals surface area contributed by atoms with Crippen molar-refractivity contribution in [3.8, 4) is 0 Å². The van der Waals surface area contributed by atoms with Crippen molar-refractivity contribution in [1.29, 1.82) is 0 Å². The summed E-state index contributed by atoms with van der Waals surface area (Å²) in [5.74, 6) is 0.0821. The largest absolute Gasteiger partial charge is 0.327 e. The molecule has 0 fully saturated rings. The molecule has 0 aliphatic carbocycles. The summed E-state index contributed by atoms with van der Waals surface area (Å²) in [6.07, 6.45) is 2.65. The molecule has 1 aromatic carbocycles. The van der Waals surface area contributed by atoms with Crippen LogP contribution in [0.25, 0.3) is 0 Å². The van der Waals surface area contributed by atoms with Crippen LogP contribution in [0.4, 0.5) is 0 Å². The average molecular weight is 384 g/mol. The highest BCUT2D eigenvalue weighted by Gasteiger charge is 2.32. The molecule has 0 saturated carbocycles. The molecule has 3 aromatic rings. The van der Waals surface area contributed by atoms with Gasteiger partial charge in [0.25, 0.3) is 0 Å². The standard InChI is InChI=1S/C20H17NOS3/c22-19(10-14-23-15-5-2-1-3-6-15)21-11-8-17-16(9-13-25-17)20(21)18-7-4-12-24-18/h1-7,9-10,12-14,20H,8,11H2/b14-10+/t20-/m1/s1. The molecule has 126 valence electrons. The first-order chi connectivity index (χ1) is 12.3. The van der Waals surface area contributed by atoms with E-state index >= 15 is 0 Å². The number of nitrogens with zero attached hydrogens (tertiary/aromatic N) is 1. The predicted octanol–water partition coefficient (Wildman–Crippen LogP) is 5.59. The molecule has 0 N–H and O–H groups in total. The van der Waals surface area contributed by atoms with Gasteiger partial charge in [0, 0.05) is 27.3 Å². The van der Waals surface area contributed by atoms with Crippen LogP contribution in [0, 0.1) is 0 Å². The fourth-order valence-corrected chi connectivity index (χ4v) is 5.49. The number of benzene rings is 1. The van der Waals surface area contributed by atoms with Gasteiger partial charge in [0.2, 0.25) is 5.91 Å². The quantitative estimate of drug-likeness (QED) is 0.432. The molecule has 1 amide bonds. The molecule has 0 saturated heterocycles. The SMILES string of the molecule is O=C(/C=C/Sc1ccccc1)N1CCc2sccc2[C@@H]1c1cccs1. The van der Waals surface area contributed by atoms with Gasteiger partial charge in [-0.3, -0.25) is 4.79 Å². The van der Waals surface area contributed by atoms with Crippen molar-refractivity contribution in [1.82, 2.24) is 4.90 Å². The number of rotatable bonds is 4. The van der Waals surface area contributed by atoms with Crippen molar-refractivity contribution in [2.75, 3.05) is 6.54 Å². The Hall–Kier alpha value is -1.82. The molecular weight excluding hydrogens is 366 g/mol. The van der Waals surface area contributed by atoms with E-state index in [2.05, 4.69) is 29.0 Å². The fraction of sp³-hybridized carbons (Fsp3) is 0.150. The highest BCUT2D eigenvalue weighted by Crippen LogP contribution is 2.39. The summed E-state index contributed by atoms with van der Waals surface area (Å²) in [4.78, 5) is 18.6. The summed E-state index contributed by atoms with van der Waals surface area (Å²) in [5, 5.41) is 6.12. The summed E-state index contributed by atoms with van der Waals surface area (Å²) in [6, 6.07) is 16.5. The van der Waals surface area contributed by atoms with Gasteiger partial charge >= 0.3 is 0 Å². The van der Waals surface area contributed by atoms with Crippen LogP contribution in [-0.2, 0) is 11.2 Å². The van der Waals surface area contributed by atoms with Crippen molar-refractivity contribution in [2.45, 2.75) is 17.4 Å². The summed E-state index contributed by atoms with van der Waals surface area (Å²) in [7, 11) is 0. The van der Waals surface area contributed by atoms with Crippen LogP contribution < -0.4 is 0 Å². The topological polar surface area (TPSA) is 20.3 Å². The zero-order valence-electron chi connectivity index (χ0n) is 13.5. The monoisotopic (exact) mass is 383 g/mol. The van der Waals surface area contributed by atoms with Crippen molar-refractivity contribution in [3.63, 3.8) is 0 Å². The number of carbonyl (C=O) groups is 1. The van der Waals surface area contributed by atoms with E-state index in [1.807, 2.05) is 40.6 Å². The number of hydrogen-bond donors (Lipinski definition) is 0. The second-order valence-corrected chi connectivity index (χ2v) is 8.69. The number of carbonyl (C=O) groups excluding carboxylic acids is 1. The minimum absolute atomic E-state index is 0.0499. The first-order valence-electron chi connectivity index (χ1n) is 8.11. The molecule has 1 atom stereocenters. The normalized spacial score (nSPS) is 17.0. The van der Waals surface area contributed by atoms with E-state index in [4.69, 9.17) is 0 Å². The predicted molar refractivity (Wildman–Crippen MR) is 107 cm³/mol. The van der Waals surface area contributed by atoms with Gasteiger partial charge in [-0.25, -0.2) is 0 Å². The molecule has 1 aliphatic rings. The zero-order chi connectivity index (χ0) is 17.1. The van der Waals surface area contributed by atoms with Gasteiger partial charge in [0.1, 0.15) is 0 Å². The van der Waals surface area contributed by atoms with E-state index < -0.39 is 0 Å². The molecular formula is C20H17NOS3. The molecule has 0 radical (unpaired) electrons. The maximum absolute atomic E-state index is 12.9. The van der Waals surface area contributed by atoms with E-state index in [1.165, 1.54) is 15.3 Å². The summed E-state index contributed by atoms with van der Waals surface area (Å²) < 4.78 is 0. The van der Waals surface area contributed by atoms with E-state index in [0.717, 1.165) is 17.9 Å². The summed E-state index contributed by atoms with van der Waals surface area (Å²) >= 11 is 5.09. The maximum atomic E-state index is 12.9. The minimum Gasteiger partial charge on any atom is -0.327 e. The molecule has 4 rings (SSSR count). The first-order valence-corrected chi connectivity index (χ1v) is 10.8. The van der Waals surface area contributed by atoms with Gasteiger partial charge < -0.3 is 4.90 Å². The Morgan fingerprint density at radius 3 is 2.76 bits per heavy atom. The number of thiophene rings is 2. The van der Waals surface area contributed by atoms with Crippen molar-refractivity contribution in [2.24, 2.45) is 0 Å². The maximum Gasteiger partial charge on any atom is 0.247 e. The third-order valence-corrected chi connectivity index (χ3v) is 6.96. The number of amides is 1. The molecule has 2 nitrogen and oxygen atoms in total. The molecule has 1 aliphatic heterocycles. The Morgan fingerprint density at radius 1 is 1.08 bits per heavy atom. The van der Waals surface area contributed by atoms with Crippen molar-refractivity contribution < 1.29 is 4.79 Å². The van der Waals surface area contributed by atoms with E-state index in [-0.39, 0.29) is 11.9 Å². The number of thioether (sulfide) groups is 1. The second-order valence-electron chi connectivity index (χ2n) is 5.73. The molecule has 0 spiro atoms. The lowest BCUT2D eigenvalue weighted by Crippen LogP contribution is -2.38. The second kappa shape index (κ2) is 7.60. The number of hydrogen-bond acceptors (Lipinski definition) is 4. The lowest BCUT2D eigenvalue weighted by atomic mass is 9.98. The fourth-order valence-electron chi connectivity index (χ4n) is 3.07. The molecule has 0 unspecified atom stereocenters. The zero-order valence-corrected chi connectivity index (χ0v) is 15.9. The Balaban J connectivity index is 1.55. The van der Waals surface area contributed by atoms with Crippen LogP contribution in [-0.4, -0.2) is 17.4 Å². The van der Waals surface area contributed by atoms with Crippen LogP contribution in [0.5, 0.6) is 0 Å². The Labute approximate surface area is 159 Å². The van der Waals surface area contributed by atoms with Crippen molar-refractivity contribution in [3.05, 3.63) is 86.1 Å². The summed E-state index contributed by atoms with van der Waals surface area (Å²) in [5.41, 5.74) is 1.29. The van der Waals surface area contributed by atoms with Gasteiger partial charge in [0.05, 0.1) is 6.04 Å². The average Bonchev–Trinajstić information content (AvgIpc) is 3.33. The first kappa shape index (κ1) is 16.6. The minimum atomic E-state index is 0.0499. The van der Waals surface area contributed by atoms with Gasteiger partial charge in [-0.1, -0.05) is 36.0 Å². The highest BCUT2D eigenvalue weighted by molar-refractivity contribution is 8.02. The lowest BCUT2D eigenvalue weighted by molar-refractivity contribution is -0.127. The van der Waals surface area contributed by atoms with Gasteiger partial charge in [-0.05, 0) is 52.4 Å². The third kappa shape index (κ3) is 3.59. The molecule has 0 bridgehead atoms. The third-order valence-electron chi connectivity index (χ3n) is 4.22. The van der Waals surface area contributed by atoms with Gasteiger partial charge in [0.15, 0.2) is 0 Å². The smallest absolute Gasteiger partial charge is 0.247 e. The Morgan fingerprint density at radius 2 is 1.96 bits per heavy atom. The molecule has 5 heteroatoms. The van der Waals surface area contributed by atoms with Gasteiger partial charge in [-0.15, -0.1) is 22.7 Å². The van der Waals surface area contributed by atoms with Crippen LogP contribution >= 0.6 is 34.4 Å². The Bertz CT molecular complexity index is 868. The van der Waals surface area contributed by atoms with Crippen LogP contribution in [0.2, 0.25) is 0 Å².